The van der Waals surface area contributed by atoms with Crippen molar-refractivity contribution in [1.82, 2.24) is 4.90 Å². The third-order valence-corrected chi connectivity index (χ3v) is 6.48. The highest BCUT2D eigenvalue weighted by Gasteiger charge is 2.28. The summed E-state index contributed by atoms with van der Waals surface area (Å²) >= 11 is 1.12. The van der Waals surface area contributed by atoms with E-state index in [-0.39, 0.29) is 18.3 Å². The number of ether oxygens (including phenoxy) is 5. The smallest absolute Gasteiger partial charge is 0.432 e. The van der Waals surface area contributed by atoms with Gasteiger partial charge in [0.15, 0.2) is 5.17 Å². The van der Waals surface area contributed by atoms with Gasteiger partial charge in [0.1, 0.15) is 6.35 Å². The largest absolute Gasteiger partial charge is 0.510 e. The van der Waals surface area contributed by atoms with Crippen molar-refractivity contribution in [3.63, 3.8) is 0 Å². The van der Waals surface area contributed by atoms with Crippen LogP contribution in [-0.4, -0.2) is 82.3 Å². The first-order chi connectivity index (χ1) is 15.9. The molecule has 0 saturated heterocycles. The standard InChI is InChI=1S/C17H29N2O12PS2/c1-13(2)30-16(20)26-10-28-32(22,29-11-27-17(21)31-14(3)4)12-25-8-6-19-7-9-34(23,24)18-15(19)33-5/h7,9,13-14H,6,8,10-12H2,1-5H3. The highest BCUT2D eigenvalue weighted by molar-refractivity contribution is 8.14. The van der Waals surface area contributed by atoms with Crippen molar-refractivity contribution in [3.8, 4) is 0 Å². The summed E-state index contributed by atoms with van der Waals surface area (Å²) in [4.78, 5) is 24.4. The molecule has 1 aliphatic rings. The van der Waals surface area contributed by atoms with E-state index in [1.165, 1.54) is 11.1 Å². The lowest BCUT2D eigenvalue weighted by molar-refractivity contribution is -0.0343. The van der Waals surface area contributed by atoms with E-state index in [1.807, 2.05) is 0 Å². The van der Waals surface area contributed by atoms with Crippen LogP contribution in [0.25, 0.3) is 0 Å². The fourth-order valence-electron chi connectivity index (χ4n) is 1.94. The van der Waals surface area contributed by atoms with Crippen LogP contribution in [0.5, 0.6) is 0 Å². The van der Waals surface area contributed by atoms with E-state index in [4.69, 9.17) is 23.3 Å². The number of carbonyl (C=O) groups is 2. The zero-order valence-electron chi connectivity index (χ0n) is 19.4. The van der Waals surface area contributed by atoms with Gasteiger partial charge in [-0.05, 0) is 34.0 Å². The van der Waals surface area contributed by atoms with Crippen LogP contribution in [0.3, 0.4) is 0 Å². The molecule has 0 saturated carbocycles. The Morgan fingerprint density at radius 1 is 1.06 bits per heavy atom. The number of nitrogens with zero attached hydrogens (tertiary/aromatic N) is 2. The molecule has 0 aromatic carbocycles. The van der Waals surface area contributed by atoms with E-state index < -0.39 is 62.1 Å². The summed E-state index contributed by atoms with van der Waals surface area (Å²) in [6, 6.07) is 0. The Morgan fingerprint density at radius 3 is 2.06 bits per heavy atom. The summed E-state index contributed by atoms with van der Waals surface area (Å²) in [5.74, 6) is 0. The maximum Gasteiger partial charge on any atom is 0.510 e. The minimum Gasteiger partial charge on any atom is -0.432 e. The molecule has 1 aliphatic heterocycles. The number of rotatable bonds is 13. The fourth-order valence-corrected chi connectivity index (χ4v) is 4.63. The Hall–Kier alpha value is -1.84. The van der Waals surface area contributed by atoms with Gasteiger partial charge in [0, 0.05) is 12.7 Å². The lowest BCUT2D eigenvalue weighted by atomic mass is 10.5. The molecule has 0 bridgehead atoms. The van der Waals surface area contributed by atoms with Gasteiger partial charge in [0.05, 0.1) is 24.2 Å². The van der Waals surface area contributed by atoms with E-state index in [1.54, 1.807) is 34.0 Å². The van der Waals surface area contributed by atoms with Gasteiger partial charge in [-0.3, -0.25) is 13.6 Å². The maximum absolute atomic E-state index is 12.9. The van der Waals surface area contributed by atoms with Crippen LogP contribution in [-0.2, 0) is 47.3 Å². The van der Waals surface area contributed by atoms with Crippen LogP contribution in [0.1, 0.15) is 27.7 Å². The van der Waals surface area contributed by atoms with Crippen molar-refractivity contribution < 1.29 is 55.3 Å². The van der Waals surface area contributed by atoms with E-state index in [0.717, 1.165) is 17.2 Å². The molecule has 0 spiro atoms. The molecule has 196 valence electrons. The highest BCUT2D eigenvalue weighted by atomic mass is 32.2. The summed E-state index contributed by atoms with van der Waals surface area (Å²) < 4.78 is 73.8. The van der Waals surface area contributed by atoms with Crippen molar-refractivity contribution in [1.29, 1.82) is 0 Å². The van der Waals surface area contributed by atoms with Crippen molar-refractivity contribution in [2.45, 2.75) is 39.9 Å². The van der Waals surface area contributed by atoms with Crippen LogP contribution in [0, 0.1) is 0 Å². The molecule has 0 amide bonds. The second-order valence-corrected chi connectivity index (χ2v) is 11.1. The Morgan fingerprint density at radius 2 is 1.59 bits per heavy atom. The second-order valence-electron chi connectivity index (χ2n) is 6.84. The normalized spacial score (nSPS) is 15.3. The highest BCUT2D eigenvalue weighted by Crippen LogP contribution is 2.48. The van der Waals surface area contributed by atoms with Gasteiger partial charge in [-0.2, -0.15) is 8.42 Å². The van der Waals surface area contributed by atoms with E-state index in [9.17, 15) is 22.6 Å². The molecular weight excluding hydrogens is 519 g/mol. The van der Waals surface area contributed by atoms with Crippen molar-refractivity contribution in [2.24, 2.45) is 4.40 Å². The van der Waals surface area contributed by atoms with Crippen LogP contribution in [0.15, 0.2) is 16.0 Å². The summed E-state index contributed by atoms with van der Waals surface area (Å²) in [6.45, 7) is 5.01. The summed E-state index contributed by atoms with van der Waals surface area (Å²) in [6.07, 6.45) is -0.580. The van der Waals surface area contributed by atoms with Gasteiger partial charge in [0.25, 0.3) is 10.0 Å². The number of amidine groups is 1. The first kappa shape index (κ1) is 30.2. The number of hydrogen-bond donors (Lipinski definition) is 0. The number of hydrogen-bond acceptors (Lipinski definition) is 14. The molecule has 0 aromatic heterocycles. The topological polar surface area (TPSA) is 166 Å². The molecule has 14 nitrogen and oxygen atoms in total. The number of sulfonamides is 1. The Balaban J connectivity index is 2.61. The zero-order chi connectivity index (χ0) is 25.8. The molecule has 34 heavy (non-hydrogen) atoms. The molecular formula is C17H29N2O12PS2. The first-order valence-electron chi connectivity index (χ1n) is 9.82. The van der Waals surface area contributed by atoms with E-state index in [0.29, 0.717) is 0 Å². The molecule has 0 aliphatic carbocycles. The molecule has 0 N–H and O–H groups in total. The van der Waals surface area contributed by atoms with Crippen LogP contribution >= 0.6 is 19.4 Å². The lowest BCUT2D eigenvalue weighted by Crippen LogP contribution is -2.30. The fraction of sp³-hybridized carbons (Fsp3) is 0.706. The first-order valence-corrected chi connectivity index (χ1v) is 14.3. The van der Waals surface area contributed by atoms with Crippen LogP contribution in [0.4, 0.5) is 9.59 Å². The van der Waals surface area contributed by atoms with Gasteiger partial charge in [-0.15, -0.1) is 4.40 Å². The Bertz CT molecular complexity index is 859. The van der Waals surface area contributed by atoms with E-state index in [2.05, 4.69) is 13.9 Å². The maximum atomic E-state index is 12.9. The van der Waals surface area contributed by atoms with Gasteiger partial charge >= 0.3 is 19.9 Å². The lowest BCUT2D eigenvalue weighted by Gasteiger charge is -2.23. The van der Waals surface area contributed by atoms with Gasteiger partial charge in [-0.1, -0.05) is 11.8 Å². The summed E-state index contributed by atoms with van der Waals surface area (Å²) in [7, 11) is -7.73. The third kappa shape index (κ3) is 12.6. The molecule has 17 heteroatoms. The van der Waals surface area contributed by atoms with Crippen LogP contribution in [0.2, 0.25) is 0 Å². The minimum absolute atomic E-state index is 0.0345. The molecule has 0 radical (unpaired) electrons. The predicted molar refractivity (Wildman–Crippen MR) is 121 cm³/mol. The van der Waals surface area contributed by atoms with Crippen molar-refractivity contribution in [3.05, 3.63) is 11.6 Å². The van der Waals surface area contributed by atoms with Gasteiger partial charge < -0.3 is 28.6 Å². The summed E-state index contributed by atoms with van der Waals surface area (Å²) in [5, 5.41) is 1.17. The zero-order valence-corrected chi connectivity index (χ0v) is 21.9. The van der Waals surface area contributed by atoms with Crippen LogP contribution < -0.4 is 0 Å². The Labute approximate surface area is 202 Å². The predicted octanol–water partition coefficient (Wildman–Crippen LogP) is 3.06. The molecule has 1 rings (SSSR count). The van der Waals surface area contributed by atoms with E-state index >= 15 is 0 Å². The average Bonchev–Trinajstić information content (AvgIpc) is 2.70. The monoisotopic (exact) mass is 548 g/mol. The number of carbonyl (C=O) groups excluding carboxylic acids is 2. The van der Waals surface area contributed by atoms with Crippen molar-refractivity contribution in [2.75, 3.05) is 39.3 Å². The SMILES string of the molecule is CSC1=NS(=O)(=O)C=CN1CCOCP(=O)(OCOC(=O)OC(C)C)OCOC(=O)OC(C)C. The average molecular weight is 549 g/mol. The van der Waals surface area contributed by atoms with Gasteiger partial charge in [-0.25, -0.2) is 9.59 Å². The molecule has 1 heterocycles. The molecule has 0 fully saturated rings. The minimum atomic E-state index is -4.07. The molecule has 0 unspecified atom stereocenters. The Kier molecular flexibility index (Phi) is 12.9. The third-order valence-electron chi connectivity index (χ3n) is 3.29. The molecule has 0 atom stereocenters. The summed E-state index contributed by atoms with van der Waals surface area (Å²) in [5.41, 5.74) is 0. The number of thioether (sulfide) groups is 1. The van der Waals surface area contributed by atoms with Gasteiger partial charge in [0.2, 0.25) is 13.6 Å². The van der Waals surface area contributed by atoms with Crippen molar-refractivity contribution >= 4 is 46.9 Å². The molecule has 0 aromatic rings. The second kappa shape index (κ2) is 14.5. The quantitative estimate of drug-likeness (QED) is 0.143.